The van der Waals surface area contributed by atoms with Gasteiger partial charge in [0.15, 0.2) is 11.5 Å². The van der Waals surface area contributed by atoms with Crippen LogP contribution in [0.15, 0.2) is 22.7 Å². The van der Waals surface area contributed by atoms with Crippen LogP contribution < -0.4 is 0 Å². The lowest BCUT2D eigenvalue weighted by Crippen LogP contribution is -2.05. The van der Waals surface area contributed by atoms with Crippen LogP contribution in [0.4, 0.5) is 8.78 Å². The van der Waals surface area contributed by atoms with Gasteiger partial charge in [0.25, 0.3) is 0 Å². The van der Waals surface area contributed by atoms with Crippen LogP contribution in [0, 0.1) is 18.6 Å². The minimum Gasteiger partial charge on any atom is -0.476 e. The first-order chi connectivity index (χ1) is 8.40. The molecule has 7 heteroatoms. The number of hydrogen-bond acceptors (Lipinski definition) is 2. The van der Waals surface area contributed by atoms with Crippen molar-refractivity contribution in [3.8, 4) is 5.69 Å². The first-order valence-electron chi connectivity index (χ1n) is 4.85. The smallest absolute Gasteiger partial charge is 0.356 e. The SMILES string of the molecule is Cc1cc(C(=O)O)nn1-c1c(F)cc(F)cc1Br. The van der Waals surface area contributed by atoms with Crippen molar-refractivity contribution in [3.63, 3.8) is 0 Å². The van der Waals surface area contributed by atoms with E-state index in [1.807, 2.05) is 0 Å². The van der Waals surface area contributed by atoms with Crippen molar-refractivity contribution in [3.05, 3.63) is 45.7 Å². The highest BCUT2D eigenvalue weighted by Crippen LogP contribution is 2.26. The Morgan fingerprint density at radius 3 is 2.56 bits per heavy atom. The number of benzene rings is 1. The molecule has 0 bridgehead atoms. The minimum atomic E-state index is -1.21. The Bertz CT molecular complexity index is 617. The molecule has 0 aliphatic carbocycles. The normalized spacial score (nSPS) is 10.7. The Hall–Kier alpha value is -1.76. The summed E-state index contributed by atoms with van der Waals surface area (Å²) in [5.74, 6) is -2.77. The van der Waals surface area contributed by atoms with E-state index in [0.29, 0.717) is 11.8 Å². The summed E-state index contributed by atoms with van der Waals surface area (Å²) in [6.07, 6.45) is 0. The lowest BCUT2D eigenvalue weighted by Gasteiger charge is -2.08. The van der Waals surface area contributed by atoms with E-state index >= 15 is 0 Å². The number of rotatable bonds is 2. The van der Waals surface area contributed by atoms with Crippen molar-refractivity contribution in [1.29, 1.82) is 0 Å². The largest absolute Gasteiger partial charge is 0.476 e. The van der Waals surface area contributed by atoms with Crippen LogP contribution in [-0.2, 0) is 0 Å². The third-order valence-electron chi connectivity index (χ3n) is 2.30. The van der Waals surface area contributed by atoms with Crippen LogP contribution >= 0.6 is 15.9 Å². The molecule has 0 saturated heterocycles. The predicted octanol–water partition coefficient (Wildman–Crippen LogP) is 2.92. The number of carboxylic acids is 1. The number of carboxylic acid groups (broad SMARTS) is 1. The molecule has 0 fully saturated rings. The van der Waals surface area contributed by atoms with Gasteiger partial charge in [0, 0.05) is 16.2 Å². The fourth-order valence-electron chi connectivity index (χ4n) is 1.54. The van der Waals surface area contributed by atoms with E-state index in [2.05, 4.69) is 21.0 Å². The van der Waals surface area contributed by atoms with Crippen molar-refractivity contribution in [2.75, 3.05) is 0 Å². The van der Waals surface area contributed by atoms with E-state index in [-0.39, 0.29) is 15.9 Å². The first kappa shape index (κ1) is 12.7. The molecule has 0 saturated carbocycles. The van der Waals surface area contributed by atoms with Crippen LogP contribution in [0.25, 0.3) is 5.69 Å². The highest BCUT2D eigenvalue weighted by Gasteiger charge is 2.17. The van der Waals surface area contributed by atoms with E-state index in [1.165, 1.54) is 6.07 Å². The second-order valence-electron chi connectivity index (χ2n) is 3.61. The topological polar surface area (TPSA) is 55.1 Å². The second-order valence-corrected chi connectivity index (χ2v) is 4.46. The number of nitrogens with zero attached hydrogens (tertiary/aromatic N) is 2. The molecule has 0 aliphatic rings. The molecule has 1 N–H and O–H groups in total. The van der Waals surface area contributed by atoms with E-state index in [4.69, 9.17) is 5.11 Å². The quantitative estimate of drug-likeness (QED) is 0.926. The molecule has 18 heavy (non-hydrogen) atoms. The number of carbonyl (C=O) groups is 1. The molecular weight excluding hydrogens is 310 g/mol. The zero-order valence-electron chi connectivity index (χ0n) is 9.12. The summed E-state index contributed by atoms with van der Waals surface area (Å²) in [5.41, 5.74) is 0.197. The van der Waals surface area contributed by atoms with Crippen LogP contribution in [0.3, 0.4) is 0 Å². The van der Waals surface area contributed by atoms with Gasteiger partial charge >= 0.3 is 5.97 Å². The molecule has 2 rings (SSSR count). The van der Waals surface area contributed by atoms with Gasteiger partial charge in [0.05, 0.1) is 0 Å². The number of aryl methyl sites for hydroxylation is 1. The third kappa shape index (κ3) is 2.13. The summed E-state index contributed by atoms with van der Waals surface area (Å²) in [5, 5.41) is 12.6. The van der Waals surface area contributed by atoms with Gasteiger partial charge in [-0.15, -0.1) is 0 Å². The number of hydrogen-bond donors (Lipinski definition) is 1. The summed E-state index contributed by atoms with van der Waals surface area (Å²) >= 11 is 3.03. The van der Waals surface area contributed by atoms with Gasteiger partial charge in [-0.05, 0) is 35.0 Å². The second kappa shape index (κ2) is 4.49. The van der Waals surface area contributed by atoms with Crippen molar-refractivity contribution < 1.29 is 18.7 Å². The van der Waals surface area contributed by atoms with Crippen molar-refractivity contribution in [2.24, 2.45) is 0 Å². The molecule has 1 aromatic heterocycles. The Morgan fingerprint density at radius 1 is 1.39 bits per heavy atom. The van der Waals surface area contributed by atoms with Crippen molar-refractivity contribution in [2.45, 2.75) is 6.92 Å². The molecule has 4 nitrogen and oxygen atoms in total. The van der Waals surface area contributed by atoms with Gasteiger partial charge in [0.2, 0.25) is 0 Å². The van der Waals surface area contributed by atoms with Gasteiger partial charge < -0.3 is 5.11 Å². The van der Waals surface area contributed by atoms with Gasteiger partial charge in [-0.25, -0.2) is 18.3 Å². The fraction of sp³-hybridized carbons (Fsp3) is 0.0909. The molecule has 0 amide bonds. The predicted molar refractivity (Wildman–Crippen MR) is 62.9 cm³/mol. The van der Waals surface area contributed by atoms with Crippen LogP contribution in [0.1, 0.15) is 16.2 Å². The summed E-state index contributed by atoms with van der Waals surface area (Å²) in [7, 11) is 0. The number of aromatic nitrogens is 2. The monoisotopic (exact) mass is 316 g/mol. The van der Waals surface area contributed by atoms with Gasteiger partial charge in [-0.2, -0.15) is 5.10 Å². The molecule has 0 radical (unpaired) electrons. The first-order valence-corrected chi connectivity index (χ1v) is 5.64. The highest BCUT2D eigenvalue weighted by molar-refractivity contribution is 9.10. The van der Waals surface area contributed by atoms with E-state index in [0.717, 1.165) is 10.7 Å². The Labute approximate surface area is 109 Å². The van der Waals surface area contributed by atoms with Gasteiger partial charge in [-0.3, -0.25) is 0 Å². The Kier molecular flexibility index (Phi) is 3.16. The summed E-state index contributed by atoms with van der Waals surface area (Å²) < 4.78 is 27.9. The average Bonchev–Trinajstić information content (AvgIpc) is 2.59. The lowest BCUT2D eigenvalue weighted by atomic mass is 10.3. The molecule has 1 aromatic carbocycles. The third-order valence-corrected chi connectivity index (χ3v) is 2.90. The zero-order valence-corrected chi connectivity index (χ0v) is 10.7. The molecule has 0 unspecified atom stereocenters. The lowest BCUT2D eigenvalue weighted by molar-refractivity contribution is 0.0690. The maximum absolute atomic E-state index is 13.7. The van der Waals surface area contributed by atoms with Crippen LogP contribution in [0.2, 0.25) is 0 Å². The maximum Gasteiger partial charge on any atom is 0.356 e. The number of halogens is 3. The highest BCUT2D eigenvalue weighted by atomic mass is 79.9. The minimum absolute atomic E-state index is 0.0265. The van der Waals surface area contributed by atoms with E-state index in [9.17, 15) is 13.6 Å². The van der Waals surface area contributed by atoms with Crippen molar-refractivity contribution in [1.82, 2.24) is 9.78 Å². The van der Waals surface area contributed by atoms with Gasteiger partial charge in [-0.1, -0.05) is 0 Å². The molecule has 0 spiro atoms. The summed E-state index contributed by atoms with van der Waals surface area (Å²) in [4.78, 5) is 10.8. The van der Waals surface area contributed by atoms with Gasteiger partial charge in [0.1, 0.15) is 11.5 Å². The molecule has 94 valence electrons. The molecule has 0 aliphatic heterocycles. The number of aromatic carboxylic acids is 1. The molecule has 2 aromatic rings. The molecule has 1 heterocycles. The van der Waals surface area contributed by atoms with E-state index < -0.39 is 17.6 Å². The Morgan fingerprint density at radius 2 is 2.06 bits per heavy atom. The van der Waals surface area contributed by atoms with Crippen LogP contribution in [-0.4, -0.2) is 20.9 Å². The van der Waals surface area contributed by atoms with Crippen LogP contribution in [0.5, 0.6) is 0 Å². The average molecular weight is 317 g/mol. The van der Waals surface area contributed by atoms with E-state index in [1.54, 1.807) is 6.92 Å². The zero-order chi connectivity index (χ0) is 13.4. The molecular formula is C11H7BrF2N2O2. The summed E-state index contributed by atoms with van der Waals surface area (Å²) in [6.45, 7) is 1.58. The standard InChI is InChI=1S/C11H7BrF2N2O2/c1-5-2-9(11(17)18)15-16(5)10-7(12)3-6(13)4-8(10)14/h2-4H,1H3,(H,17,18). The Balaban J connectivity index is 2.66. The summed E-state index contributed by atoms with van der Waals surface area (Å²) in [6, 6.07) is 3.10. The molecule has 0 atom stereocenters. The maximum atomic E-state index is 13.7. The van der Waals surface area contributed by atoms with Crippen molar-refractivity contribution >= 4 is 21.9 Å². The fourth-order valence-corrected chi connectivity index (χ4v) is 2.12.